The molecule has 0 bridgehead atoms. The molecule has 4 rings (SSSR count). The SMILES string of the molecule is CC[C@H](C(=O)NC(C)(C)C)N(Cc1ccc(C)cc1)C(=O)CN(c1ccc(Oc2ccccc2)cc1)S(=O)(=O)c1ccccc1. The maximum atomic E-state index is 14.3. The highest BCUT2D eigenvalue weighted by Crippen LogP contribution is 2.29. The molecule has 0 heterocycles. The van der Waals surface area contributed by atoms with Crippen LogP contribution >= 0.6 is 0 Å². The fourth-order valence-electron chi connectivity index (χ4n) is 4.82. The van der Waals surface area contributed by atoms with E-state index in [4.69, 9.17) is 4.74 Å². The molecule has 0 spiro atoms. The number of anilines is 1. The summed E-state index contributed by atoms with van der Waals surface area (Å²) in [7, 11) is -4.17. The van der Waals surface area contributed by atoms with Gasteiger partial charge in [0, 0.05) is 12.1 Å². The summed E-state index contributed by atoms with van der Waals surface area (Å²) in [5.41, 5.74) is 1.66. The van der Waals surface area contributed by atoms with Crippen molar-refractivity contribution in [2.45, 2.75) is 64.1 Å². The number of nitrogens with zero attached hydrogens (tertiary/aromatic N) is 2. The van der Waals surface area contributed by atoms with Crippen molar-refractivity contribution in [3.8, 4) is 11.5 Å². The number of carbonyl (C=O) groups excluding carboxylic acids is 2. The second kappa shape index (κ2) is 14.4. The van der Waals surface area contributed by atoms with Crippen LogP contribution in [-0.2, 0) is 26.2 Å². The highest BCUT2D eigenvalue weighted by molar-refractivity contribution is 7.92. The van der Waals surface area contributed by atoms with Gasteiger partial charge in [0.25, 0.3) is 10.0 Å². The van der Waals surface area contributed by atoms with Crippen molar-refractivity contribution in [2.75, 3.05) is 10.8 Å². The zero-order chi connectivity index (χ0) is 32.6. The Balaban J connectivity index is 1.72. The first-order valence-corrected chi connectivity index (χ1v) is 16.4. The van der Waals surface area contributed by atoms with E-state index >= 15 is 0 Å². The van der Waals surface area contributed by atoms with Gasteiger partial charge in [-0.05, 0) is 88.2 Å². The van der Waals surface area contributed by atoms with Crippen LogP contribution in [0.15, 0.2) is 114 Å². The largest absolute Gasteiger partial charge is 0.457 e. The van der Waals surface area contributed by atoms with Gasteiger partial charge in [-0.2, -0.15) is 0 Å². The minimum atomic E-state index is -4.17. The topological polar surface area (TPSA) is 96.0 Å². The van der Waals surface area contributed by atoms with Crippen LogP contribution in [0.4, 0.5) is 5.69 Å². The number of hydrogen-bond acceptors (Lipinski definition) is 5. The molecule has 0 aromatic heterocycles. The van der Waals surface area contributed by atoms with Gasteiger partial charge in [0.05, 0.1) is 10.6 Å². The van der Waals surface area contributed by atoms with E-state index in [1.807, 2.05) is 89.2 Å². The lowest BCUT2D eigenvalue weighted by Gasteiger charge is -2.34. The first kappa shape index (κ1) is 33.3. The molecule has 8 nitrogen and oxygen atoms in total. The molecule has 2 amide bonds. The van der Waals surface area contributed by atoms with E-state index in [2.05, 4.69) is 5.32 Å². The van der Waals surface area contributed by atoms with E-state index in [1.54, 1.807) is 42.5 Å². The van der Waals surface area contributed by atoms with Crippen LogP contribution in [0.1, 0.15) is 45.2 Å². The number of nitrogens with one attached hydrogen (secondary N) is 1. The summed E-state index contributed by atoms with van der Waals surface area (Å²) in [5, 5.41) is 2.99. The quantitative estimate of drug-likeness (QED) is 0.189. The highest BCUT2D eigenvalue weighted by Gasteiger charge is 2.34. The molecule has 4 aromatic rings. The van der Waals surface area contributed by atoms with Gasteiger partial charge < -0.3 is 15.0 Å². The molecule has 4 aromatic carbocycles. The van der Waals surface area contributed by atoms with Crippen molar-refractivity contribution in [3.63, 3.8) is 0 Å². The zero-order valence-corrected chi connectivity index (χ0v) is 27.3. The minimum Gasteiger partial charge on any atom is -0.457 e. The summed E-state index contributed by atoms with van der Waals surface area (Å²) >= 11 is 0. The lowest BCUT2D eigenvalue weighted by Crippen LogP contribution is -2.55. The van der Waals surface area contributed by atoms with Crippen molar-refractivity contribution in [3.05, 3.63) is 120 Å². The molecule has 1 N–H and O–H groups in total. The summed E-state index contributed by atoms with van der Waals surface area (Å²) in [6.07, 6.45) is 0.344. The van der Waals surface area contributed by atoms with Gasteiger partial charge >= 0.3 is 0 Å². The monoisotopic (exact) mass is 627 g/mol. The molecule has 0 aliphatic carbocycles. The fraction of sp³-hybridized carbons (Fsp3) is 0.278. The minimum absolute atomic E-state index is 0.0463. The molecule has 0 saturated heterocycles. The van der Waals surface area contributed by atoms with Crippen LogP contribution in [-0.4, -0.2) is 43.3 Å². The number of rotatable bonds is 12. The molecular formula is C36H41N3O5S. The highest BCUT2D eigenvalue weighted by atomic mass is 32.2. The number of para-hydroxylation sites is 1. The first-order valence-electron chi connectivity index (χ1n) is 14.9. The van der Waals surface area contributed by atoms with Crippen LogP contribution in [0.25, 0.3) is 0 Å². The normalized spacial score (nSPS) is 12.2. The lowest BCUT2D eigenvalue weighted by atomic mass is 10.1. The van der Waals surface area contributed by atoms with Gasteiger partial charge in [0.15, 0.2) is 0 Å². The van der Waals surface area contributed by atoms with Gasteiger partial charge in [-0.25, -0.2) is 8.42 Å². The van der Waals surface area contributed by atoms with Crippen molar-refractivity contribution in [2.24, 2.45) is 0 Å². The molecule has 0 unspecified atom stereocenters. The summed E-state index contributed by atoms with van der Waals surface area (Å²) in [6.45, 7) is 9.07. The van der Waals surface area contributed by atoms with Crippen molar-refractivity contribution in [1.29, 1.82) is 0 Å². The van der Waals surface area contributed by atoms with E-state index in [-0.39, 0.29) is 23.0 Å². The van der Waals surface area contributed by atoms with Gasteiger partial charge in [-0.1, -0.05) is 73.2 Å². The molecular weight excluding hydrogens is 586 g/mol. The number of carbonyl (C=O) groups is 2. The van der Waals surface area contributed by atoms with Gasteiger partial charge in [0.2, 0.25) is 11.8 Å². The molecule has 0 fully saturated rings. The van der Waals surface area contributed by atoms with Crippen LogP contribution in [0.5, 0.6) is 11.5 Å². The maximum Gasteiger partial charge on any atom is 0.264 e. The molecule has 0 saturated carbocycles. The lowest BCUT2D eigenvalue weighted by molar-refractivity contribution is -0.141. The third kappa shape index (κ3) is 8.95. The Hall–Kier alpha value is -4.63. The predicted octanol–water partition coefficient (Wildman–Crippen LogP) is 6.70. The third-order valence-electron chi connectivity index (χ3n) is 7.07. The number of aryl methyl sites for hydroxylation is 1. The standard InChI is InChI=1S/C36H41N3O5S/c1-6-33(35(41)37-36(3,4)5)38(25-28-19-17-27(2)18-20-28)34(40)26-39(45(42,43)32-15-11-8-12-16-32)29-21-23-31(24-22-29)44-30-13-9-7-10-14-30/h7-24,33H,6,25-26H2,1-5H3,(H,37,41)/t33-/m1/s1. The average molecular weight is 628 g/mol. The van der Waals surface area contributed by atoms with Gasteiger partial charge in [0.1, 0.15) is 24.1 Å². The number of benzene rings is 4. The predicted molar refractivity (Wildman–Crippen MR) is 178 cm³/mol. The summed E-state index contributed by atoms with van der Waals surface area (Å²) in [5.74, 6) is 0.347. The first-order chi connectivity index (χ1) is 21.4. The van der Waals surface area contributed by atoms with E-state index in [0.717, 1.165) is 15.4 Å². The van der Waals surface area contributed by atoms with Crippen LogP contribution in [0.2, 0.25) is 0 Å². The molecule has 236 valence electrons. The summed E-state index contributed by atoms with van der Waals surface area (Å²) < 4.78 is 35.1. The second-order valence-electron chi connectivity index (χ2n) is 11.9. The Bertz CT molecular complexity index is 1670. The Morgan fingerprint density at radius 2 is 1.36 bits per heavy atom. The molecule has 45 heavy (non-hydrogen) atoms. The second-order valence-corrected chi connectivity index (χ2v) is 13.8. The fourth-order valence-corrected chi connectivity index (χ4v) is 6.25. The molecule has 0 radical (unpaired) electrons. The summed E-state index contributed by atoms with van der Waals surface area (Å²) in [4.78, 5) is 29.3. The van der Waals surface area contributed by atoms with Gasteiger partial charge in [-0.15, -0.1) is 0 Å². The molecule has 9 heteroatoms. The Kier molecular flexibility index (Phi) is 10.7. The average Bonchev–Trinajstić information content (AvgIpc) is 3.01. The Morgan fingerprint density at radius 1 is 0.800 bits per heavy atom. The number of hydrogen-bond donors (Lipinski definition) is 1. The van der Waals surface area contributed by atoms with E-state index < -0.39 is 34.1 Å². The van der Waals surface area contributed by atoms with Crippen LogP contribution in [0, 0.1) is 6.92 Å². The molecule has 0 aliphatic rings. The third-order valence-corrected chi connectivity index (χ3v) is 8.86. The Morgan fingerprint density at radius 3 is 1.91 bits per heavy atom. The summed E-state index contributed by atoms with van der Waals surface area (Å²) in [6, 6.07) is 30.7. The van der Waals surface area contributed by atoms with Crippen LogP contribution in [0.3, 0.4) is 0 Å². The number of sulfonamides is 1. The van der Waals surface area contributed by atoms with Crippen molar-refractivity contribution in [1.82, 2.24) is 10.2 Å². The van der Waals surface area contributed by atoms with Crippen molar-refractivity contribution < 1.29 is 22.7 Å². The number of ether oxygens (including phenoxy) is 1. The smallest absolute Gasteiger partial charge is 0.264 e. The van der Waals surface area contributed by atoms with E-state index in [1.165, 1.54) is 17.0 Å². The van der Waals surface area contributed by atoms with E-state index in [0.29, 0.717) is 17.9 Å². The number of amides is 2. The van der Waals surface area contributed by atoms with Crippen molar-refractivity contribution >= 4 is 27.5 Å². The molecule has 1 atom stereocenters. The Labute approximate surface area is 266 Å². The molecule has 0 aliphatic heterocycles. The zero-order valence-electron chi connectivity index (χ0n) is 26.4. The van der Waals surface area contributed by atoms with Crippen LogP contribution < -0.4 is 14.4 Å². The van der Waals surface area contributed by atoms with Gasteiger partial charge in [-0.3, -0.25) is 13.9 Å². The van der Waals surface area contributed by atoms with E-state index in [9.17, 15) is 18.0 Å². The maximum absolute atomic E-state index is 14.3.